The van der Waals surface area contributed by atoms with Gasteiger partial charge in [-0.2, -0.15) is 0 Å². The fourth-order valence-corrected chi connectivity index (χ4v) is 0.682. The lowest BCUT2D eigenvalue weighted by molar-refractivity contribution is 0.809. The predicted molar refractivity (Wildman–Crippen MR) is 56.5 cm³/mol. The summed E-state index contributed by atoms with van der Waals surface area (Å²) in [5.41, 5.74) is 2.15. The monoisotopic (exact) mass is 165 g/mol. The van der Waals surface area contributed by atoms with Gasteiger partial charge in [-0.3, -0.25) is 4.99 Å². The molecule has 0 atom stereocenters. The molecule has 0 rings (SSSR count). The molecule has 68 valence electrons. The van der Waals surface area contributed by atoms with E-state index in [1.807, 2.05) is 13.1 Å². The molecule has 0 spiro atoms. The number of aliphatic imine (C=N–C) groups is 1. The second kappa shape index (κ2) is 5.76. The van der Waals surface area contributed by atoms with E-state index >= 15 is 0 Å². The Morgan fingerprint density at radius 2 is 2.08 bits per heavy atom. The van der Waals surface area contributed by atoms with Gasteiger partial charge >= 0.3 is 0 Å². The molecule has 0 aliphatic carbocycles. The molecule has 0 bridgehead atoms. The highest BCUT2D eigenvalue weighted by atomic mass is 14.7. The maximum absolute atomic E-state index is 4.27. The third kappa shape index (κ3) is 4.89. The fraction of sp³-hybridized carbons (Fsp3) is 0.545. The van der Waals surface area contributed by atoms with Crippen LogP contribution in [0.15, 0.2) is 28.9 Å². The highest BCUT2D eigenvalue weighted by Gasteiger charge is 1.94. The summed E-state index contributed by atoms with van der Waals surface area (Å²) in [6, 6.07) is 0. The minimum Gasteiger partial charge on any atom is -0.262 e. The second-order valence-corrected chi connectivity index (χ2v) is 3.24. The van der Waals surface area contributed by atoms with Crippen LogP contribution in [0.4, 0.5) is 0 Å². The van der Waals surface area contributed by atoms with Crippen molar-refractivity contribution in [2.24, 2.45) is 10.9 Å². The number of hydrogen-bond acceptors (Lipinski definition) is 1. The van der Waals surface area contributed by atoms with Gasteiger partial charge in [-0.05, 0) is 24.8 Å². The van der Waals surface area contributed by atoms with Gasteiger partial charge < -0.3 is 0 Å². The van der Waals surface area contributed by atoms with Gasteiger partial charge in [-0.15, -0.1) is 0 Å². The Kier molecular flexibility index (Phi) is 5.35. The van der Waals surface area contributed by atoms with E-state index in [4.69, 9.17) is 0 Å². The second-order valence-electron chi connectivity index (χ2n) is 3.24. The standard InChI is InChI=1S/C11H19N/c1-6-7-11(5)12-8-10(4)9(2)3/h7-9H,4,6H2,1-3,5H3. The number of rotatable bonds is 4. The van der Waals surface area contributed by atoms with Crippen molar-refractivity contribution in [1.29, 1.82) is 0 Å². The fourth-order valence-electron chi connectivity index (χ4n) is 0.682. The molecular weight excluding hydrogens is 146 g/mol. The average Bonchev–Trinajstić information content (AvgIpc) is 2.00. The lowest BCUT2D eigenvalue weighted by atomic mass is 10.1. The van der Waals surface area contributed by atoms with Gasteiger partial charge in [-0.1, -0.05) is 33.4 Å². The molecule has 0 aliphatic rings. The molecule has 0 N–H and O–H groups in total. The molecule has 0 radical (unpaired) electrons. The first-order valence-corrected chi connectivity index (χ1v) is 4.47. The molecule has 0 aromatic heterocycles. The Morgan fingerprint density at radius 3 is 2.50 bits per heavy atom. The highest BCUT2D eigenvalue weighted by Crippen LogP contribution is 2.05. The van der Waals surface area contributed by atoms with Crippen LogP contribution < -0.4 is 0 Å². The zero-order chi connectivity index (χ0) is 9.56. The van der Waals surface area contributed by atoms with Crippen molar-refractivity contribution in [1.82, 2.24) is 0 Å². The summed E-state index contributed by atoms with van der Waals surface area (Å²) >= 11 is 0. The van der Waals surface area contributed by atoms with E-state index in [2.05, 4.69) is 38.4 Å². The largest absolute Gasteiger partial charge is 0.262 e. The molecule has 0 unspecified atom stereocenters. The predicted octanol–water partition coefficient (Wildman–Crippen LogP) is 3.58. The van der Waals surface area contributed by atoms with E-state index in [1.165, 1.54) is 0 Å². The summed E-state index contributed by atoms with van der Waals surface area (Å²) in [5, 5.41) is 0. The smallest absolute Gasteiger partial charge is 0.0332 e. The number of allylic oxidation sites excluding steroid dienone is 3. The van der Waals surface area contributed by atoms with Crippen LogP contribution in [-0.4, -0.2) is 6.21 Å². The average molecular weight is 165 g/mol. The number of nitrogens with zero attached hydrogens (tertiary/aromatic N) is 1. The first-order chi connectivity index (χ1) is 5.57. The van der Waals surface area contributed by atoms with E-state index in [0.29, 0.717) is 5.92 Å². The van der Waals surface area contributed by atoms with Crippen molar-refractivity contribution >= 4 is 6.21 Å². The number of hydrogen-bond donors (Lipinski definition) is 0. The van der Waals surface area contributed by atoms with Crippen LogP contribution in [0.1, 0.15) is 34.1 Å². The van der Waals surface area contributed by atoms with Crippen LogP contribution in [0.5, 0.6) is 0 Å². The van der Waals surface area contributed by atoms with Crippen molar-refractivity contribution in [3.63, 3.8) is 0 Å². The van der Waals surface area contributed by atoms with Gasteiger partial charge in [0.05, 0.1) is 0 Å². The molecule has 0 fully saturated rings. The SMILES string of the molecule is C=C(C=NC(C)=CCC)C(C)C. The molecule has 0 heterocycles. The lowest BCUT2D eigenvalue weighted by Crippen LogP contribution is -1.92. The summed E-state index contributed by atoms with van der Waals surface area (Å²) in [7, 11) is 0. The zero-order valence-electron chi connectivity index (χ0n) is 8.59. The van der Waals surface area contributed by atoms with Crippen LogP contribution in [0, 0.1) is 5.92 Å². The van der Waals surface area contributed by atoms with Crippen molar-refractivity contribution in [3.8, 4) is 0 Å². The topological polar surface area (TPSA) is 12.4 Å². The van der Waals surface area contributed by atoms with E-state index in [1.54, 1.807) is 0 Å². The van der Waals surface area contributed by atoms with Crippen molar-refractivity contribution in [2.45, 2.75) is 34.1 Å². The summed E-state index contributed by atoms with van der Waals surface area (Å²) in [5.74, 6) is 0.489. The first kappa shape index (κ1) is 11.2. The summed E-state index contributed by atoms with van der Waals surface area (Å²) in [6.07, 6.45) is 4.99. The Balaban J connectivity index is 4.07. The molecule has 0 saturated carbocycles. The van der Waals surface area contributed by atoms with Crippen molar-refractivity contribution < 1.29 is 0 Å². The lowest BCUT2D eigenvalue weighted by Gasteiger charge is -2.01. The molecule has 1 nitrogen and oxygen atoms in total. The normalized spacial score (nSPS) is 12.9. The third-order valence-corrected chi connectivity index (χ3v) is 1.68. The summed E-state index contributed by atoms with van der Waals surface area (Å²) in [4.78, 5) is 4.27. The Labute approximate surface area is 75.9 Å². The van der Waals surface area contributed by atoms with E-state index in [-0.39, 0.29) is 0 Å². The Hall–Kier alpha value is -0.850. The van der Waals surface area contributed by atoms with Crippen LogP contribution in [0.25, 0.3) is 0 Å². The molecule has 12 heavy (non-hydrogen) atoms. The minimum atomic E-state index is 0.489. The molecular formula is C11H19N. The van der Waals surface area contributed by atoms with E-state index in [9.17, 15) is 0 Å². The van der Waals surface area contributed by atoms with Gasteiger partial charge in [-0.25, -0.2) is 0 Å². The van der Waals surface area contributed by atoms with E-state index < -0.39 is 0 Å². The van der Waals surface area contributed by atoms with Crippen LogP contribution in [0.2, 0.25) is 0 Å². The molecule has 0 aromatic carbocycles. The highest BCUT2D eigenvalue weighted by molar-refractivity contribution is 5.78. The minimum absolute atomic E-state index is 0.489. The quantitative estimate of drug-likeness (QED) is 0.564. The van der Waals surface area contributed by atoms with Gasteiger partial charge in [0, 0.05) is 11.9 Å². The van der Waals surface area contributed by atoms with Crippen LogP contribution in [0.3, 0.4) is 0 Å². The maximum Gasteiger partial charge on any atom is 0.0332 e. The zero-order valence-corrected chi connectivity index (χ0v) is 8.59. The van der Waals surface area contributed by atoms with Gasteiger partial charge in [0.1, 0.15) is 0 Å². The third-order valence-electron chi connectivity index (χ3n) is 1.68. The van der Waals surface area contributed by atoms with Gasteiger partial charge in [0.15, 0.2) is 0 Å². The van der Waals surface area contributed by atoms with E-state index in [0.717, 1.165) is 17.7 Å². The molecule has 0 aromatic rings. The van der Waals surface area contributed by atoms with Gasteiger partial charge in [0.2, 0.25) is 0 Å². The van der Waals surface area contributed by atoms with Crippen molar-refractivity contribution in [3.05, 3.63) is 23.9 Å². The Bertz CT molecular complexity index is 197. The maximum atomic E-state index is 4.27. The molecule has 1 heteroatoms. The van der Waals surface area contributed by atoms with Gasteiger partial charge in [0.25, 0.3) is 0 Å². The first-order valence-electron chi connectivity index (χ1n) is 4.47. The molecule has 0 amide bonds. The van der Waals surface area contributed by atoms with Crippen LogP contribution >= 0.6 is 0 Å². The molecule has 0 aliphatic heterocycles. The molecule has 0 saturated heterocycles. The summed E-state index contributed by atoms with van der Waals surface area (Å²) in [6.45, 7) is 12.3. The van der Waals surface area contributed by atoms with Crippen molar-refractivity contribution in [2.75, 3.05) is 0 Å². The summed E-state index contributed by atoms with van der Waals surface area (Å²) < 4.78 is 0. The Morgan fingerprint density at radius 1 is 1.50 bits per heavy atom. The van der Waals surface area contributed by atoms with Crippen LogP contribution in [-0.2, 0) is 0 Å².